The van der Waals surface area contributed by atoms with Crippen LogP contribution in [0.5, 0.6) is 0 Å². The van der Waals surface area contributed by atoms with E-state index in [0.29, 0.717) is 5.92 Å². The van der Waals surface area contributed by atoms with E-state index in [1.807, 2.05) is 5.32 Å². The molecule has 0 aliphatic carbocycles. The second-order valence-electron chi connectivity index (χ2n) is 3.71. The molecular formula is C8H12N2O3. The molecule has 3 unspecified atom stereocenters. The first kappa shape index (κ1) is 8.50. The van der Waals surface area contributed by atoms with Crippen LogP contribution in [0.3, 0.4) is 0 Å². The molecule has 2 aliphatic rings. The van der Waals surface area contributed by atoms with Gasteiger partial charge in [0.05, 0.1) is 5.92 Å². The molecule has 13 heavy (non-hydrogen) atoms. The molecule has 3 atom stereocenters. The lowest BCUT2D eigenvalue weighted by molar-refractivity contribution is -0.125. The van der Waals surface area contributed by atoms with E-state index < -0.39 is 6.09 Å². The third kappa shape index (κ3) is 1.51. The van der Waals surface area contributed by atoms with Gasteiger partial charge in [-0.3, -0.25) is 10.1 Å². The first-order valence-corrected chi connectivity index (χ1v) is 4.43. The van der Waals surface area contributed by atoms with Crippen molar-refractivity contribution in [2.75, 3.05) is 19.6 Å². The Morgan fingerprint density at radius 1 is 1.38 bits per heavy atom. The van der Waals surface area contributed by atoms with Crippen LogP contribution in [0.15, 0.2) is 0 Å². The number of hydrogen-bond acceptors (Lipinski definition) is 3. The van der Waals surface area contributed by atoms with Crippen molar-refractivity contribution in [3.63, 3.8) is 0 Å². The van der Waals surface area contributed by atoms with Crippen molar-refractivity contribution in [3.05, 3.63) is 0 Å². The number of amides is 2. The van der Waals surface area contributed by atoms with E-state index in [-0.39, 0.29) is 11.8 Å². The molecule has 5 heteroatoms. The number of imide groups is 1. The Kier molecular flexibility index (Phi) is 1.95. The lowest BCUT2D eigenvalue weighted by Crippen LogP contribution is -2.40. The van der Waals surface area contributed by atoms with Gasteiger partial charge in [0.25, 0.3) is 0 Å². The maximum absolute atomic E-state index is 11.3. The number of rotatable bonds is 1. The first-order chi connectivity index (χ1) is 6.16. The molecule has 2 rings (SSSR count). The Bertz CT molecular complexity index is 254. The third-order valence-corrected chi connectivity index (χ3v) is 2.90. The number of carboxylic acid groups (broad SMARTS) is 1. The van der Waals surface area contributed by atoms with Gasteiger partial charge in [0.1, 0.15) is 0 Å². The Morgan fingerprint density at radius 2 is 2.15 bits per heavy atom. The van der Waals surface area contributed by atoms with Gasteiger partial charge in [-0.05, 0) is 18.9 Å². The minimum absolute atomic E-state index is 0.107. The maximum atomic E-state index is 11.3. The van der Waals surface area contributed by atoms with E-state index in [1.54, 1.807) is 0 Å². The molecule has 0 aromatic heterocycles. The molecule has 0 aromatic rings. The van der Waals surface area contributed by atoms with Crippen LogP contribution in [-0.2, 0) is 4.79 Å². The van der Waals surface area contributed by atoms with Gasteiger partial charge in [0, 0.05) is 13.1 Å². The van der Waals surface area contributed by atoms with Crippen LogP contribution in [0.4, 0.5) is 4.79 Å². The molecular weight excluding hydrogens is 172 g/mol. The summed E-state index contributed by atoms with van der Waals surface area (Å²) in [6.07, 6.45) is -0.222. The van der Waals surface area contributed by atoms with E-state index in [0.717, 1.165) is 26.1 Å². The summed E-state index contributed by atoms with van der Waals surface area (Å²) in [6.45, 7) is 2.74. The average molecular weight is 184 g/mol. The average Bonchev–Trinajstić information content (AvgIpc) is 2.62. The van der Waals surface area contributed by atoms with Crippen molar-refractivity contribution >= 4 is 12.0 Å². The van der Waals surface area contributed by atoms with Crippen molar-refractivity contribution in [2.24, 2.45) is 11.8 Å². The summed E-state index contributed by atoms with van der Waals surface area (Å²) in [7, 11) is 0. The lowest BCUT2D eigenvalue weighted by atomic mass is 9.92. The zero-order valence-corrected chi connectivity index (χ0v) is 7.19. The molecule has 2 saturated heterocycles. The van der Waals surface area contributed by atoms with Crippen LogP contribution < -0.4 is 5.32 Å². The SMILES string of the molecule is O=C(O)NC(=O)C1CN2CCC1C2. The Labute approximate surface area is 75.7 Å². The van der Waals surface area contributed by atoms with Crippen molar-refractivity contribution in [1.82, 2.24) is 10.2 Å². The zero-order valence-electron chi connectivity index (χ0n) is 7.19. The molecule has 2 heterocycles. The summed E-state index contributed by atoms with van der Waals surface area (Å²) >= 11 is 0. The first-order valence-electron chi connectivity index (χ1n) is 4.43. The van der Waals surface area contributed by atoms with Gasteiger partial charge >= 0.3 is 6.09 Å². The van der Waals surface area contributed by atoms with Crippen molar-refractivity contribution < 1.29 is 14.7 Å². The number of nitrogens with zero attached hydrogens (tertiary/aromatic N) is 1. The summed E-state index contributed by atoms with van der Waals surface area (Å²) < 4.78 is 0. The second kappa shape index (κ2) is 2.99. The summed E-state index contributed by atoms with van der Waals surface area (Å²) in [5.41, 5.74) is 0. The largest absolute Gasteiger partial charge is 0.465 e. The second-order valence-corrected chi connectivity index (χ2v) is 3.71. The smallest absolute Gasteiger partial charge is 0.411 e. The zero-order chi connectivity index (χ0) is 9.42. The van der Waals surface area contributed by atoms with E-state index >= 15 is 0 Å². The molecule has 72 valence electrons. The van der Waals surface area contributed by atoms with Crippen molar-refractivity contribution in [2.45, 2.75) is 6.42 Å². The molecule has 2 amide bonds. The molecule has 2 bridgehead atoms. The van der Waals surface area contributed by atoms with Crippen LogP contribution in [-0.4, -0.2) is 41.6 Å². The van der Waals surface area contributed by atoms with Gasteiger partial charge in [-0.1, -0.05) is 0 Å². The summed E-state index contributed by atoms with van der Waals surface area (Å²) in [6, 6.07) is 0. The molecule has 0 saturated carbocycles. The standard InChI is InChI=1S/C8H12N2O3/c11-7(9-8(12)13)6-4-10-2-1-5(6)3-10/h5-6H,1-4H2,(H,9,11)(H,12,13). The fourth-order valence-electron chi connectivity index (χ4n) is 2.28. The maximum Gasteiger partial charge on any atom is 0.411 e. The quantitative estimate of drug-likeness (QED) is 0.588. The summed E-state index contributed by atoms with van der Waals surface area (Å²) in [5, 5.41) is 10.3. The molecule has 2 N–H and O–H groups in total. The summed E-state index contributed by atoms with van der Waals surface area (Å²) in [4.78, 5) is 23.8. The van der Waals surface area contributed by atoms with Gasteiger partial charge in [-0.2, -0.15) is 0 Å². The number of piperidine rings is 1. The number of nitrogens with one attached hydrogen (secondary N) is 1. The molecule has 2 aliphatic heterocycles. The molecule has 0 radical (unpaired) electrons. The molecule has 2 fully saturated rings. The van der Waals surface area contributed by atoms with Crippen molar-refractivity contribution in [1.29, 1.82) is 0 Å². The number of carbonyl (C=O) groups excluding carboxylic acids is 1. The Balaban J connectivity index is 1.95. The van der Waals surface area contributed by atoms with Crippen LogP contribution in [0.1, 0.15) is 6.42 Å². The highest BCUT2D eigenvalue weighted by Gasteiger charge is 2.42. The van der Waals surface area contributed by atoms with Crippen LogP contribution in [0, 0.1) is 11.8 Å². The molecule has 5 nitrogen and oxygen atoms in total. The Morgan fingerprint density at radius 3 is 2.62 bits per heavy atom. The van der Waals surface area contributed by atoms with Crippen LogP contribution in [0.2, 0.25) is 0 Å². The predicted molar refractivity (Wildman–Crippen MR) is 44.2 cm³/mol. The minimum atomic E-state index is -1.25. The van der Waals surface area contributed by atoms with E-state index in [1.165, 1.54) is 0 Å². The Hall–Kier alpha value is -1.10. The highest BCUT2D eigenvalue weighted by atomic mass is 16.4. The van der Waals surface area contributed by atoms with Gasteiger partial charge < -0.3 is 10.0 Å². The third-order valence-electron chi connectivity index (χ3n) is 2.90. The molecule has 0 aromatic carbocycles. The summed E-state index contributed by atoms with van der Waals surface area (Å²) in [5.74, 6) is -0.0658. The monoisotopic (exact) mass is 184 g/mol. The van der Waals surface area contributed by atoms with E-state index in [9.17, 15) is 9.59 Å². The molecule has 0 spiro atoms. The number of fused-ring (bicyclic) bond motifs is 2. The van der Waals surface area contributed by atoms with Gasteiger partial charge in [0.15, 0.2) is 0 Å². The van der Waals surface area contributed by atoms with Gasteiger partial charge in [-0.15, -0.1) is 0 Å². The van der Waals surface area contributed by atoms with Crippen LogP contribution >= 0.6 is 0 Å². The number of carbonyl (C=O) groups is 2. The highest BCUT2D eigenvalue weighted by Crippen LogP contribution is 2.32. The fraction of sp³-hybridized carbons (Fsp3) is 0.750. The minimum Gasteiger partial charge on any atom is -0.465 e. The highest BCUT2D eigenvalue weighted by molar-refractivity contribution is 5.92. The topological polar surface area (TPSA) is 69.6 Å². The lowest BCUT2D eigenvalue weighted by Gasteiger charge is -2.19. The predicted octanol–water partition coefficient (Wildman–Crippen LogP) is -0.268. The van der Waals surface area contributed by atoms with Crippen LogP contribution in [0.25, 0.3) is 0 Å². The normalized spacial score (nSPS) is 36.2. The number of hydrogen-bond donors (Lipinski definition) is 2. The van der Waals surface area contributed by atoms with Gasteiger partial charge in [-0.25, -0.2) is 4.79 Å². The van der Waals surface area contributed by atoms with Crippen molar-refractivity contribution in [3.8, 4) is 0 Å². The fourth-order valence-corrected chi connectivity index (χ4v) is 2.28. The van der Waals surface area contributed by atoms with E-state index in [4.69, 9.17) is 5.11 Å². The van der Waals surface area contributed by atoms with Gasteiger partial charge in [0.2, 0.25) is 5.91 Å². The van der Waals surface area contributed by atoms with E-state index in [2.05, 4.69) is 4.90 Å².